The number of nitrogens with zero attached hydrogens (tertiary/aromatic N) is 1. The van der Waals surface area contributed by atoms with Crippen molar-refractivity contribution in [1.82, 2.24) is 4.90 Å². The van der Waals surface area contributed by atoms with Gasteiger partial charge in [0.05, 0.1) is 13.2 Å². The molecule has 1 fully saturated rings. The van der Waals surface area contributed by atoms with E-state index in [1.54, 1.807) is 0 Å². The van der Waals surface area contributed by atoms with Gasteiger partial charge in [0.25, 0.3) is 0 Å². The first-order valence-corrected chi connectivity index (χ1v) is 8.41. The summed E-state index contributed by atoms with van der Waals surface area (Å²) in [7, 11) is 0. The quantitative estimate of drug-likeness (QED) is 0.905. The Kier molecular flexibility index (Phi) is 5.14. The van der Waals surface area contributed by atoms with Gasteiger partial charge in [-0.15, -0.1) is 11.3 Å². The topological polar surface area (TPSA) is 24.5 Å². The van der Waals surface area contributed by atoms with E-state index in [2.05, 4.69) is 21.7 Å². The molecule has 1 aromatic carbocycles. The van der Waals surface area contributed by atoms with Gasteiger partial charge in [0.15, 0.2) is 0 Å². The standard InChI is InChI=1S/C16H19ClN2OS/c17-14-1-3-15(4-2-14)18-10-16-9-13(12-21-16)11-19-5-7-20-8-6-19/h1-4,9,12,18H,5-8,10-11H2. The lowest BCUT2D eigenvalue weighted by molar-refractivity contribution is 0.0342. The lowest BCUT2D eigenvalue weighted by atomic mass is 10.2. The van der Waals surface area contributed by atoms with Crippen LogP contribution < -0.4 is 5.32 Å². The van der Waals surface area contributed by atoms with Crippen molar-refractivity contribution in [3.8, 4) is 0 Å². The number of morpholine rings is 1. The minimum absolute atomic E-state index is 0.768. The average molecular weight is 323 g/mol. The zero-order chi connectivity index (χ0) is 14.5. The summed E-state index contributed by atoms with van der Waals surface area (Å²) in [6.07, 6.45) is 0. The Bertz CT molecular complexity index is 564. The zero-order valence-corrected chi connectivity index (χ0v) is 13.4. The van der Waals surface area contributed by atoms with Crippen LogP contribution in [0.3, 0.4) is 0 Å². The van der Waals surface area contributed by atoms with Crippen molar-refractivity contribution >= 4 is 28.6 Å². The second-order valence-corrected chi connectivity index (χ2v) is 6.60. The zero-order valence-electron chi connectivity index (χ0n) is 11.8. The first-order chi connectivity index (χ1) is 10.3. The Hall–Kier alpha value is -1.07. The first-order valence-electron chi connectivity index (χ1n) is 7.15. The third kappa shape index (κ3) is 4.45. The fourth-order valence-electron chi connectivity index (χ4n) is 2.38. The van der Waals surface area contributed by atoms with Gasteiger partial charge in [-0.05, 0) is 41.3 Å². The number of thiophene rings is 1. The predicted molar refractivity (Wildman–Crippen MR) is 89.2 cm³/mol. The molecule has 3 rings (SSSR count). The van der Waals surface area contributed by atoms with Crippen molar-refractivity contribution in [3.05, 3.63) is 51.2 Å². The van der Waals surface area contributed by atoms with Gasteiger partial charge in [0, 0.05) is 41.8 Å². The molecule has 0 spiro atoms. The second-order valence-electron chi connectivity index (χ2n) is 5.17. The van der Waals surface area contributed by atoms with Gasteiger partial charge in [0.2, 0.25) is 0 Å². The fraction of sp³-hybridized carbons (Fsp3) is 0.375. The lowest BCUT2D eigenvalue weighted by Crippen LogP contribution is -2.35. The van der Waals surface area contributed by atoms with Crippen LogP contribution in [0.4, 0.5) is 5.69 Å². The van der Waals surface area contributed by atoms with E-state index in [9.17, 15) is 0 Å². The minimum atomic E-state index is 0.768. The Labute approximate surface area is 134 Å². The Morgan fingerprint density at radius 3 is 2.71 bits per heavy atom. The number of anilines is 1. The summed E-state index contributed by atoms with van der Waals surface area (Å²) in [5.41, 5.74) is 2.50. The summed E-state index contributed by atoms with van der Waals surface area (Å²) in [6.45, 7) is 5.67. The number of halogens is 1. The molecule has 1 aliphatic rings. The van der Waals surface area contributed by atoms with E-state index in [4.69, 9.17) is 16.3 Å². The van der Waals surface area contributed by atoms with Crippen LogP contribution in [0.2, 0.25) is 5.02 Å². The summed E-state index contributed by atoms with van der Waals surface area (Å²) < 4.78 is 5.38. The summed E-state index contributed by atoms with van der Waals surface area (Å²) in [4.78, 5) is 3.80. The van der Waals surface area contributed by atoms with E-state index >= 15 is 0 Å². The molecule has 2 aromatic rings. The van der Waals surface area contributed by atoms with Crippen molar-refractivity contribution in [2.75, 3.05) is 31.6 Å². The number of ether oxygens (including phenoxy) is 1. The third-order valence-corrected chi connectivity index (χ3v) is 4.77. The summed E-state index contributed by atoms with van der Waals surface area (Å²) in [5.74, 6) is 0. The molecule has 112 valence electrons. The highest BCUT2D eigenvalue weighted by atomic mass is 35.5. The summed E-state index contributed by atoms with van der Waals surface area (Å²) in [5, 5.41) is 6.45. The van der Waals surface area contributed by atoms with Crippen LogP contribution in [0.25, 0.3) is 0 Å². The molecule has 1 aliphatic heterocycles. The maximum Gasteiger partial charge on any atom is 0.0594 e. The van der Waals surface area contributed by atoms with Gasteiger partial charge in [-0.2, -0.15) is 0 Å². The van der Waals surface area contributed by atoms with Crippen molar-refractivity contribution in [3.63, 3.8) is 0 Å². The van der Waals surface area contributed by atoms with Gasteiger partial charge >= 0.3 is 0 Å². The van der Waals surface area contributed by atoms with Crippen LogP contribution >= 0.6 is 22.9 Å². The highest BCUT2D eigenvalue weighted by Gasteiger charge is 2.11. The summed E-state index contributed by atoms with van der Waals surface area (Å²) in [6, 6.07) is 10.1. The molecule has 0 unspecified atom stereocenters. The van der Waals surface area contributed by atoms with Crippen LogP contribution in [-0.2, 0) is 17.8 Å². The van der Waals surface area contributed by atoms with Crippen LogP contribution in [0.15, 0.2) is 35.7 Å². The molecule has 1 saturated heterocycles. The van der Waals surface area contributed by atoms with Crippen LogP contribution in [-0.4, -0.2) is 31.2 Å². The van der Waals surface area contributed by atoms with Crippen molar-refractivity contribution in [2.45, 2.75) is 13.1 Å². The normalized spacial score (nSPS) is 16.0. The predicted octanol–water partition coefficient (Wildman–Crippen LogP) is 3.85. The molecule has 5 heteroatoms. The molecule has 0 amide bonds. The number of hydrogen-bond donors (Lipinski definition) is 1. The molecule has 1 N–H and O–H groups in total. The maximum atomic E-state index is 5.89. The number of hydrogen-bond acceptors (Lipinski definition) is 4. The Morgan fingerprint density at radius 1 is 1.19 bits per heavy atom. The number of nitrogens with one attached hydrogen (secondary N) is 1. The molecule has 21 heavy (non-hydrogen) atoms. The van der Waals surface area contributed by atoms with Gasteiger partial charge < -0.3 is 10.1 Å². The van der Waals surface area contributed by atoms with E-state index in [1.807, 2.05) is 35.6 Å². The monoisotopic (exact) mass is 322 g/mol. The first kappa shape index (κ1) is 14.9. The van der Waals surface area contributed by atoms with Crippen molar-refractivity contribution in [2.24, 2.45) is 0 Å². The molecule has 0 radical (unpaired) electrons. The molecule has 1 aromatic heterocycles. The second kappa shape index (κ2) is 7.27. The molecular formula is C16H19ClN2OS. The molecule has 3 nitrogen and oxygen atoms in total. The van der Waals surface area contributed by atoms with Crippen molar-refractivity contribution < 1.29 is 4.74 Å². The molecule has 0 saturated carbocycles. The number of rotatable bonds is 5. The third-order valence-electron chi connectivity index (χ3n) is 3.53. The number of benzene rings is 1. The van der Waals surface area contributed by atoms with E-state index in [1.165, 1.54) is 10.4 Å². The molecule has 0 aliphatic carbocycles. The fourth-order valence-corrected chi connectivity index (χ4v) is 3.32. The van der Waals surface area contributed by atoms with E-state index in [-0.39, 0.29) is 0 Å². The van der Waals surface area contributed by atoms with Gasteiger partial charge in [-0.1, -0.05) is 11.6 Å². The van der Waals surface area contributed by atoms with E-state index in [0.29, 0.717) is 0 Å². The highest BCUT2D eigenvalue weighted by Crippen LogP contribution is 2.19. The van der Waals surface area contributed by atoms with E-state index < -0.39 is 0 Å². The van der Waals surface area contributed by atoms with Crippen LogP contribution in [0, 0.1) is 0 Å². The van der Waals surface area contributed by atoms with Gasteiger partial charge in [-0.3, -0.25) is 4.90 Å². The Morgan fingerprint density at radius 2 is 1.95 bits per heavy atom. The summed E-state index contributed by atoms with van der Waals surface area (Å²) >= 11 is 7.70. The minimum Gasteiger partial charge on any atom is -0.380 e. The smallest absolute Gasteiger partial charge is 0.0594 e. The van der Waals surface area contributed by atoms with E-state index in [0.717, 1.165) is 50.1 Å². The van der Waals surface area contributed by atoms with Crippen LogP contribution in [0.5, 0.6) is 0 Å². The molecule has 2 heterocycles. The van der Waals surface area contributed by atoms with Gasteiger partial charge in [-0.25, -0.2) is 0 Å². The largest absolute Gasteiger partial charge is 0.380 e. The Balaban J connectivity index is 1.51. The van der Waals surface area contributed by atoms with Crippen LogP contribution in [0.1, 0.15) is 10.4 Å². The average Bonchev–Trinajstić information content (AvgIpc) is 2.95. The molecular weight excluding hydrogens is 304 g/mol. The highest BCUT2D eigenvalue weighted by molar-refractivity contribution is 7.10. The SMILES string of the molecule is Clc1ccc(NCc2cc(CN3CCOCC3)cs2)cc1. The maximum absolute atomic E-state index is 5.89. The molecule has 0 bridgehead atoms. The molecule has 0 atom stereocenters. The lowest BCUT2D eigenvalue weighted by Gasteiger charge is -2.26. The van der Waals surface area contributed by atoms with Gasteiger partial charge in [0.1, 0.15) is 0 Å². The van der Waals surface area contributed by atoms with Crippen molar-refractivity contribution in [1.29, 1.82) is 0 Å².